The van der Waals surface area contributed by atoms with Gasteiger partial charge in [-0.1, -0.05) is 18.2 Å². The van der Waals surface area contributed by atoms with Crippen LogP contribution >= 0.6 is 0 Å². The van der Waals surface area contributed by atoms with Crippen LogP contribution in [-0.4, -0.2) is 24.3 Å². The molecule has 0 radical (unpaired) electrons. The minimum absolute atomic E-state index is 0.214. The largest absolute Gasteiger partial charge is 0.287 e. The SMILES string of the molecule is Cc1c2c(=O)n(-c3ncccn3)[nH]c2cc(=O)n1-c1ccccc1. The molecule has 4 rings (SSSR count). The van der Waals surface area contributed by atoms with Gasteiger partial charge in [-0.05, 0) is 25.1 Å². The van der Waals surface area contributed by atoms with Crippen LogP contribution in [0, 0.1) is 6.92 Å². The summed E-state index contributed by atoms with van der Waals surface area (Å²) in [6, 6.07) is 12.3. The Labute approximate surface area is 135 Å². The number of pyridine rings is 1. The third kappa shape index (κ3) is 2.06. The number of aromatic amines is 1. The zero-order valence-corrected chi connectivity index (χ0v) is 12.8. The molecule has 0 aliphatic rings. The number of benzene rings is 1. The molecule has 1 aromatic carbocycles. The van der Waals surface area contributed by atoms with E-state index in [0.29, 0.717) is 22.3 Å². The van der Waals surface area contributed by atoms with Gasteiger partial charge >= 0.3 is 0 Å². The second kappa shape index (κ2) is 5.31. The summed E-state index contributed by atoms with van der Waals surface area (Å²) in [6.45, 7) is 1.75. The van der Waals surface area contributed by atoms with Crippen molar-refractivity contribution in [3.8, 4) is 11.6 Å². The van der Waals surface area contributed by atoms with Gasteiger partial charge in [0.25, 0.3) is 17.1 Å². The molecule has 4 aromatic rings. The first kappa shape index (κ1) is 14.1. The number of H-pyrrole nitrogens is 1. The monoisotopic (exact) mass is 319 g/mol. The van der Waals surface area contributed by atoms with Gasteiger partial charge in [0.05, 0.1) is 10.9 Å². The highest BCUT2D eigenvalue weighted by Crippen LogP contribution is 2.15. The van der Waals surface area contributed by atoms with Crippen molar-refractivity contribution in [3.05, 3.63) is 81.3 Å². The van der Waals surface area contributed by atoms with E-state index >= 15 is 0 Å². The molecular formula is C17H13N5O2. The van der Waals surface area contributed by atoms with Crippen molar-refractivity contribution in [2.45, 2.75) is 6.92 Å². The molecule has 0 fully saturated rings. The molecule has 0 amide bonds. The Morgan fingerprint density at radius 2 is 1.71 bits per heavy atom. The molecule has 0 aliphatic carbocycles. The quantitative estimate of drug-likeness (QED) is 0.607. The fourth-order valence-corrected chi connectivity index (χ4v) is 2.82. The van der Waals surface area contributed by atoms with Crippen molar-refractivity contribution >= 4 is 10.9 Å². The zero-order valence-electron chi connectivity index (χ0n) is 12.8. The van der Waals surface area contributed by atoms with Crippen LogP contribution < -0.4 is 11.1 Å². The maximum Gasteiger partial charge on any atom is 0.283 e. The lowest BCUT2D eigenvalue weighted by Crippen LogP contribution is -2.22. The molecule has 0 bridgehead atoms. The predicted octanol–water partition coefficient (Wildman–Crippen LogP) is 1.57. The molecule has 0 atom stereocenters. The van der Waals surface area contributed by atoms with Crippen LogP contribution in [0.2, 0.25) is 0 Å². The highest BCUT2D eigenvalue weighted by atomic mass is 16.1. The number of nitrogens with zero attached hydrogens (tertiary/aromatic N) is 4. The minimum atomic E-state index is -0.293. The lowest BCUT2D eigenvalue weighted by Gasteiger charge is -2.09. The lowest BCUT2D eigenvalue weighted by molar-refractivity contribution is 0.793. The van der Waals surface area contributed by atoms with Crippen molar-refractivity contribution in [3.63, 3.8) is 0 Å². The first-order chi connectivity index (χ1) is 11.7. The Hall–Kier alpha value is -3.48. The summed E-state index contributed by atoms with van der Waals surface area (Å²) in [5.41, 5.74) is 1.23. The first-order valence-corrected chi connectivity index (χ1v) is 7.37. The summed E-state index contributed by atoms with van der Waals surface area (Å²) in [5, 5.41) is 3.34. The van der Waals surface area contributed by atoms with E-state index < -0.39 is 0 Å². The van der Waals surface area contributed by atoms with Crippen LogP contribution in [0.3, 0.4) is 0 Å². The summed E-state index contributed by atoms with van der Waals surface area (Å²) in [6.07, 6.45) is 3.10. The Morgan fingerprint density at radius 3 is 2.42 bits per heavy atom. The van der Waals surface area contributed by atoms with E-state index in [1.165, 1.54) is 15.3 Å². The molecular weight excluding hydrogens is 306 g/mol. The summed E-state index contributed by atoms with van der Waals surface area (Å²) >= 11 is 0. The van der Waals surface area contributed by atoms with Gasteiger partial charge in [-0.2, -0.15) is 4.68 Å². The van der Waals surface area contributed by atoms with Crippen molar-refractivity contribution in [1.82, 2.24) is 24.3 Å². The number of hydrogen-bond donors (Lipinski definition) is 1. The third-order valence-corrected chi connectivity index (χ3v) is 3.87. The zero-order chi connectivity index (χ0) is 16.7. The maximum absolute atomic E-state index is 12.8. The molecule has 7 nitrogen and oxygen atoms in total. The van der Waals surface area contributed by atoms with Crippen LogP contribution in [0.25, 0.3) is 22.5 Å². The fraction of sp³-hybridized carbons (Fsp3) is 0.0588. The van der Waals surface area contributed by atoms with Crippen molar-refractivity contribution in [2.75, 3.05) is 0 Å². The maximum atomic E-state index is 12.8. The molecule has 0 saturated heterocycles. The van der Waals surface area contributed by atoms with Crippen LogP contribution in [0.5, 0.6) is 0 Å². The van der Waals surface area contributed by atoms with E-state index in [4.69, 9.17) is 0 Å². The van der Waals surface area contributed by atoms with Crippen LogP contribution in [0.15, 0.2) is 64.4 Å². The molecule has 7 heteroatoms. The molecule has 0 aliphatic heterocycles. The summed E-state index contributed by atoms with van der Waals surface area (Å²) in [5.74, 6) is 0.233. The fourth-order valence-electron chi connectivity index (χ4n) is 2.82. The summed E-state index contributed by atoms with van der Waals surface area (Å²) in [4.78, 5) is 33.4. The molecule has 3 heterocycles. The number of aryl methyl sites for hydroxylation is 1. The van der Waals surface area contributed by atoms with Gasteiger partial charge in [-0.25, -0.2) is 9.97 Å². The highest BCUT2D eigenvalue weighted by Gasteiger charge is 2.16. The number of nitrogens with one attached hydrogen (secondary N) is 1. The van der Waals surface area contributed by atoms with E-state index in [9.17, 15) is 9.59 Å². The molecule has 3 aromatic heterocycles. The number of rotatable bonds is 2. The predicted molar refractivity (Wildman–Crippen MR) is 89.8 cm³/mol. The summed E-state index contributed by atoms with van der Waals surface area (Å²) < 4.78 is 2.76. The van der Waals surface area contributed by atoms with Gasteiger partial charge in [0.2, 0.25) is 0 Å². The second-order valence-electron chi connectivity index (χ2n) is 5.33. The van der Waals surface area contributed by atoms with Gasteiger partial charge in [-0.3, -0.25) is 19.3 Å². The van der Waals surface area contributed by atoms with Gasteiger partial charge in [-0.15, -0.1) is 0 Å². The first-order valence-electron chi connectivity index (χ1n) is 7.37. The number of aromatic nitrogens is 5. The van der Waals surface area contributed by atoms with Crippen LogP contribution in [-0.2, 0) is 0 Å². The highest BCUT2D eigenvalue weighted by molar-refractivity contribution is 5.81. The Morgan fingerprint density at radius 1 is 1.00 bits per heavy atom. The Bertz CT molecular complexity index is 1140. The third-order valence-electron chi connectivity index (χ3n) is 3.87. The van der Waals surface area contributed by atoms with E-state index in [1.807, 2.05) is 30.3 Å². The van der Waals surface area contributed by atoms with Crippen molar-refractivity contribution < 1.29 is 0 Å². The van der Waals surface area contributed by atoms with Crippen LogP contribution in [0.1, 0.15) is 5.69 Å². The topological polar surface area (TPSA) is 85.6 Å². The second-order valence-corrected chi connectivity index (χ2v) is 5.33. The molecule has 0 saturated carbocycles. The number of para-hydroxylation sites is 1. The molecule has 0 unspecified atom stereocenters. The molecule has 1 N–H and O–H groups in total. The minimum Gasteiger partial charge on any atom is -0.287 e. The van der Waals surface area contributed by atoms with Gasteiger partial charge < -0.3 is 0 Å². The van der Waals surface area contributed by atoms with Crippen molar-refractivity contribution in [1.29, 1.82) is 0 Å². The Balaban J connectivity index is 2.06. The van der Waals surface area contributed by atoms with Gasteiger partial charge in [0, 0.05) is 29.8 Å². The van der Waals surface area contributed by atoms with Gasteiger partial charge in [0.1, 0.15) is 0 Å². The molecule has 0 spiro atoms. The average molecular weight is 319 g/mol. The standard InChI is InChI=1S/C17H13N5O2/c1-11-15-13(10-14(23)21(11)12-6-3-2-4-7-12)20-22(16(15)24)17-18-8-5-9-19-17/h2-10,20H,1H3. The van der Waals surface area contributed by atoms with Gasteiger partial charge in [0.15, 0.2) is 0 Å². The Kier molecular flexibility index (Phi) is 3.13. The van der Waals surface area contributed by atoms with Crippen molar-refractivity contribution in [2.24, 2.45) is 0 Å². The molecule has 118 valence electrons. The smallest absolute Gasteiger partial charge is 0.283 e. The van der Waals surface area contributed by atoms with E-state index in [1.54, 1.807) is 25.4 Å². The normalized spacial score (nSPS) is 11.0. The number of fused-ring (bicyclic) bond motifs is 1. The average Bonchev–Trinajstić information content (AvgIpc) is 2.93. The summed E-state index contributed by atoms with van der Waals surface area (Å²) in [7, 11) is 0. The van der Waals surface area contributed by atoms with Crippen LogP contribution in [0.4, 0.5) is 0 Å². The molecule has 24 heavy (non-hydrogen) atoms. The van der Waals surface area contributed by atoms with E-state index in [-0.39, 0.29) is 17.1 Å². The lowest BCUT2D eigenvalue weighted by atomic mass is 10.2. The van der Waals surface area contributed by atoms with E-state index in [2.05, 4.69) is 15.1 Å². The number of hydrogen-bond acceptors (Lipinski definition) is 4. The van der Waals surface area contributed by atoms with E-state index in [0.717, 1.165) is 0 Å².